The summed E-state index contributed by atoms with van der Waals surface area (Å²) in [6, 6.07) is 4.37. The first-order valence-corrected chi connectivity index (χ1v) is 13.1. The Balaban J connectivity index is 1.10. The number of aliphatic hydroxyl groups is 1. The Bertz CT molecular complexity index is 1340. The van der Waals surface area contributed by atoms with E-state index in [9.17, 15) is 9.90 Å². The third kappa shape index (κ3) is 3.98. The van der Waals surface area contributed by atoms with Crippen LogP contribution in [0.5, 0.6) is 6.01 Å². The summed E-state index contributed by atoms with van der Waals surface area (Å²) in [4.78, 5) is 32.8. The Labute approximate surface area is 213 Å². The molecule has 37 heavy (non-hydrogen) atoms. The van der Waals surface area contributed by atoms with Gasteiger partial charge in [0, 0.05) is 42.2 Å². The highest BCUT2D eigenvalue weighted by Gasteiger charge is 2.57. The van der Waals surface area contributed by atoms with Crippen LogP contribution in [-0.2, 0) is 5.60 Å². The van der Waals surface area contributed by atoms with E-state index in [4.69, 9.17) is 4.74 Å². The molecule has 12 heteroatoms. The molecule has 4 N–H and O–H groups in total. The highest BCUT2D eigenvalue weighted by molar-refractivity contribution is 5.91. The normalized spacial score (nSPS) is 29.4. The van der Waals surface area contributed by atoms with Crippen LogP contribution >= 0.6 is 0 Å². The van der Waals surface area contributed by atoms with E-state index in [0.717, 1.165) is 37.0 Å². The van der Waals surface area contributed by atoms with Crippen molar-refractivity contribution < 1.29 is 14.6 Å². The number of aromatic amines is 1. The van der Waals surface area contributed by atoms with Gasteiger partial charge in [-0.25, -0.2) is 4.98 Å². The van der Waals surface area contributed by atoms with E-state index < -0.39 is 5.60 Å². The van der Waals surface area contributed by atoms with Gasteiger partial charge in [-0.3, -0.25) is 9.89 Å². The van der Waals surface area contributed by atoms with Crippen molar-refractivity contribution in [1.29, 1.82) is 0 Å². The van der Waals surface area contributed by atoms with Gasteiger partial charge in [0.2, 0.25) is 11.8 Å². The minimum Gasteiger partial charge on any atom is -0.463 e. The summed E-state index contributed by atoms with van der Waals surface area (Å²) in [5, 5.41) is 25.9. The number of carbonyl (C=O) groups is 1. The molecule has 0 spiro atoms. The second-order valence-electron chi connectivity index (χ2n) is 11.1. The highest BCUT2D eigenvalue weighted by Crippen LogP contribution is 2.57. The summed E-state index contributed by atoms with van der Waals surface area (Å²) < 4.78 is 5.93. The lowest BCUT2D eigenvalue weighted by Crippen LogP contribution is -2.68. The molecule has 1 saturated heterocycles. The minimum absolute atomic E-state index is 0.0765. The average Bonchev–Trinajstić information content (AvgIpc) is 3.50. The third-order valence-electron chi connectivity index (χ3n) is 8.61. The number of nitrogens with zero attached hydrogens (tertiary/aromatic N) is 6. The maximum Gasteiger partial charge on any atom is 0.321 e. The molecule has 12 nitrogen and oxygen atoms in total. The third-order valence-corrected chi connectivity index (χ3v) is 8.61. The largest absolute Gasteiger partial charge is 0.463 e. The minimum atomic E-state index is -1.07. The summed E-state index contributed by atoms with van der Waals surface area (Å²) in [6.07, 6.45) is 6.73. The number of aromatic nitrogens is 6. The van der Waals surface area contributed by atoms with Crippen LogP contribution in [0.15, 0.2) is 18.3 Å². The van der Waals surface area contributed by atoms with E-state index in [2.05, 4.69) is 40.8 Å². The number of amides is 1. The van der Waals surface area contributed by atoms with E-state index in [0.29, 0.717) is 61.8 Å². The standard InChI is InChI=1S/C25H31N9O3/c1-26-17-9-15(17)13-37-23-29-20(21(35)31-24-10-14(11-24)12-24)28-22(30-23)34-7-4-25(36,5-8-34)18-16-3-2-6-27-19(16)33-32-18/h2-3,6,14-15,17,26,36H,4-5,7-13H2,1H3,(H,31,35)(H,27,32,33)/t14?,15-,17-,24?/m1/s1. The summed E-state index contributed by atoms with van der Waals surface area (Å²) in [7, 11) is 1.94. The summed E-state index contributed by atoms with van der Waals surface area (Å²) >= 11 is 0. The summed E-state index contributed by atoms with van der Waals surface area (Å²) in [5.74, 6) is 1.36. The first kappa shape index (κ1) is 22.8. The fourth-order valence-electron chi connectivity index (χ4n) is 6.08. The quantitative estimate of drug-likeness (QED) is 0.347. The first-order valence-electron chi connectivity index (χ1n) is 13.1. The van der Waals surface area contributed by atoms with Gasteiger partial charge in [-0.05, 0) is 63.6 Å². The molecule has 3 aromatic rings. The van der Waals surface area contributed by atoms with Crippen molar-refractivity contribution in [2.24, 2.45) is 11.8 Å². The molecule has 0 aromatic carbocycles. The topological polar surface area (TPSA) is 154 Å². The molecule has 5 fully saturated rings. The van der Waals surface area contributed by atoms with Crippen LogP contribution in [-0.4, -0.2) is 79.5 Å². The number of fused-ring (bicyclic) bond motifs is 1. The smallest absolute Gasteiger partial charge is 0.321 e. The molecular formula is C25H31N9O3. The Morgan fingerprint density at radius 2 is 2.05 bits per heavy atom. The number of pyridine rings is 1. The zero-order valence-corrected chi connectivity index (χ0v) is 20.8. The molecule has 2 bridgehead atoms. The van der Waals surface area contributed by atoms with Gasteiger partial charge in [0.1, 0.15) is 5.60 Å². The van der Waals surface area contributed by atoms with Gasteiger partial charge in [-0.1, -0.05) is 0 Å². The first-order chi connectivity index (χ1) is 17.9. The number of hydrogen-bond acceptors (Lipinski definition) is 10. The average molecular weight is 506 g/mol. The van der Waals surface area contributed by atoms with Crippen LogP contribution in [0, 0.1) is 11.8 Å². The van der Waals surface area contributed by atoms with Gasteiger partial charge in [-0.2, -0.15) is 20.1 Å². The van der Waals surface area contributed by atoms with E-state index in [1.54, 1.807) is 6.20 Å². The molecule has 1 aliphatic heterocycles. The molecule has 2 atom stereocenters. The van der Waals surface area contributed by atoms with Crippen molar-refractivity contribution in [2.45, 2.75) is 55.7 Å². The maximum atomic E-state index is 13.1. The second-order valence-corrected chi connectivity index (χ2v) is 11.1. The van der Waals surface area contributed by atoms with Crippen LogP contribution in [0.2, 0.25) is 0 Å². The summed E-state index contributed by atoms with van der Waals surface area (Å²) in [6.45, 7) is 1.48. The van der Waals surface area contributed by atoms with Crippen LogP contribution in [0.1, 0.15) is 54.8 Å². The van der Waals surface area contributed by atoms with E-state index in [-0.39, 0.29) is 23.3 Å². The van der Waals surface area contributed by atoms with Crippen LogP contribution in [0.3, 0.4) is 0 Å². The lowest BCUT2D eigenvalue weighted by molar-refractivity contribution is -0.0441. The van der Waals surface area contributed by atoms with Gasteiger partial charge in [0.05, 0.1) is 12.3 Å². The van der Waals surface area contributed by atoms with Crippen LogP contribution < -0.4 is 20.3 Å². The number of piperidine rings is 1. The molecule has 4 aliphatic carbocycles. The Kier molecular flexibility index (Phi) is 5.12. The molecule has 1 amide bonds. The lowest BCUT2D eigenvalue weighted by atomic mass is 9.50. The molecule has 4 saturated carbocycles. The van der Waals surface area contributed by atoms with E-state index >= 15 is 0 Å². The predicted octanol–water partition coefficient (Wildman–Crippen LogP) is 0.900. The number of carbonyl (C=O) groups excluding carboxylic acids is 1. The summed E-state index contributed by atoms with van der Waals surface area (Å²) in [5.41, 5.74) is 0.117. The number of anilines is 1. The zero-order chi connectivity index (χ0) is 25.2. The Morgan fingerprint density at radius 3 is 2.76 bits per heavy atom. The predicted molar refractivity (Wildman–Crippen MR) is 133 cm³/mol. The second kappa shape index (κ2) is 8.32. The van der Waals surface area contributed by atoms with Gasteiger partial charge < -0.3 is 25.4 Å². The van der Waals surface area contributed by atoms with Crippen molar-refractivity contribution in [2.75, 3.05) is 31.6 Å². The van der Waals surface area contributed by atoms with Gasteiger partial charge in [0.15, 0.2) is 5.65 Å². The van der Waals surface area contributed by atoms with Crippen molar-refractivity contribution in [3.63, 3.8) is 0 Å². The number of hydrogen-bond donors (Lipinski definition) is 4. The SMILES string of the molecule is CN[C@@H]1C[C@@H]1COc1nc(C(=O)NC23CC(C2)C3)nc(N2CCC(O)(c3[nH]nc4ncccc34)CC2)n1. The Hall–Kier alpha value is -3.38. The number of nitrogens with one attached hydrogen (secondary N) is 3. The van der Waals surface area contributed by atoms with Gasteiger partial charge in [-0.15, -0.1) is 0 Å². The fourth-order valence-corrected chi connectivity index (χ4v) is 6.08. The fraction of sp³-hybridized carbons (Fsp3) is 0.600. The molecule has 194 valence electrons. The van der Waals surface area contributed by atoms with Crippen molar-refractivity contribution in [3.8, 4) is 6.01 Å². The van der Waals surface area contributed by atoms with E-state index in [1.807, 2.05) is 24.1 Å². The van der Waals surface area contributed by atoms with Crippen molar-refractivity contribution in [3.05, 3.63) is 29.8 Å². The molecular weight excluding hydrogens is 474 g/mol. The zero-order valence-electron chi connectivity index (χ0n) is 20.8. The lowest BCUT2D eigenvalue weighted by Gasteiger charge is -2.61. The molecule has 5 aliphatic rings. The van der Waals surface area contributed by atoms with Crippen LogP contribution in [0.4, 0.5) is 5.95 Å². The molecule has 3 aromatic heterocycles. The molecule has 4 heterocycles. The van der Waals surface area contributed by atoms with Crippen LogP contribution in [0.25, 0.3) is 11.0 Å². The van der Waals surface area contributed by atoms with Crippen molar-refractivity contribution >= 4 is 22.9 Å². The van der Waals surface area contributed by atoms with Gasteiger partial charge >= 0.3 is 6.01 Å². The van der Waals surface area contributed by atoms with Crippen molar-refractivity contribution in [1.82, 2.24) is 40.8 Å². The number of H-pyrrole nitrogens is 1. The molecule has 8 rings (SSSR count). The highest BCUT2D eigenvalue weighted by atomic mass is 16.5. The number of ether oxygens (including phenoxy) is 1. The number of rotatable bonds is 8. The monoisotopic (exact) mass is 505 g/mol. The maximum absolute atomic E-state index is 13.1. The molecule has 0 radical (unpaired) electrons. The van der Waals surface area contributed by atoms with Gasteiger partial charge in [0.25, 0.3) is 5.91 Å². The van der Waals surface area contributed by atoms with E-state index in [1.165, 1.54) is 0 Å². The molecule has 0 unspecified atom stereocenters. The Morgan fingerprint density at radius 1 is 1.24 bits per heavy atom.